The van der Waals surface area contributed by atoms with Crippen LogP contribution in [0.5, 0.6) is 0 Å². The van der Waals surface area contributed by atoms with Crippen molar-refractivity contribution in [3.63, 3.8) is 0 Å². The van der Waals surface area contributed by atoms with E-state index in [2.05, 4.69) is 66.6 Å². The fourth-order valence-electron chi connectivity index (χ4n) is 2.73. The van der Waals surface area contributed by atoms with Gasteiger partial charge in [0.2, 0.25) is 0 Å². The number of aryl methyl sites for hydroxylation is 1. The third-order valence-corrected chi connectivity index (χ3v) is 3.79. The van der Waals surface area contributed by atoms with Gasteiger partial charge in [-0.15, -0.1) is 0 Å². The molecule has 0 spiro atoms. The van der Waals surface area contributed by atoms with Gasteiger partial charge < -0.3 is 5.32 Å². The Morgan fingerprint density at radius 1 is 1.00 bits per heavy atom. The van der Waals surface area contributed by atoms with E-state index in [1.54, 1.807) is 0 Å². The Morgan fingerprint density at radius 2 is 1.86 bits per heavy atom. The zero-order valence-electron chi connectivity index (χ0n) is 12.6. The molecule has 0 atom stereocenters. The van der Waals surface area contributed by atoms with Crippen LogP contribution in [0.1, 0.15) is 18.1 Å². The molecule has 2 heteroatoms. The topological polar surface area (TPSA) is 24.9 Å². The average Bonchev–Trinajstić information content (AvgIpc) is 2.53. The average molecular weight is 276 g/mol. The first-order valence-electron chi connectivity index (χ1n) is 7.44. The zero-order valence-corrected chi connectivity index (χ0v) is 12.6. The molecule has 2 nitrogen and oxygen atoms in total. The molecule has 0 aliphatic rings. The van der Waals surface area contributed by atoms with Crippen molar-refractivity contribution in [1.29, 1.82) is 0 Å². The Bertz CT molecular complexity index is 757. The molecule has 0 fully saturated rings. The van der Waals surface area contributed by atoms with E-state index in [4.69, 9.17) is 0 Å². The summed E-state index contributed by atoms with van der Waals surface area (Å²) in [6.07, 6.45) is 1.86. The summed E-state index contributed by atoms with van der Waals surface area (Å²) in [5.74, 6) is 0. The SMILES string of the molecule is CCNCc1ccc(-c2cccc3cccnc23)c(C)c1. The molecule has 0 saturated heterocycles. The van der Waals surface area contributed by atoms with Crippen molar-refractivity contribution >= 4 is 10.9 Å². The van der Waals surface area contributed by atoms with Crippen LogP contribution in [0.15, 0.2) is 54.7 Å². The maximum absolute atomic E-state index is 4.56. The van der Waals surface area contributed by atoms with Crippen LogP contribution < -0.4 is 5.32 Å². The van der Waals surface area contributed by atoms with E-state index in [1.165, 1.54) is 27.6 Å². The number of pyridine rings is 1. The molecule has 0 amide bonds. The quantitative estimate of drug-likeness (QED) is 0.767. The van der Waals surface area contributed by atoms with Gasteiger partial charge in [-0.3, -0.25) is 4.98 Å². The van der Waals surface area contributed by atoms with Crippen molar-refractivity contribution in [3.05, 3.63) is 65.9 Å². The molecule has 0 unspecified atom stereocenters. The highest BCUT2D eigenvalue weighted by atomic mass is 14.8. The third-order valence-electron chi connectivity index (χ3n) is 3.79. The molecular formula is C19H20N2. The normalized spacial score (nSPS) is 11.0. The second kappa shape index (κ2) is 6.06. The van der Waals surface area contributed by atoms with E-state index in [0.717, 1.165) is 18.6 Å². The standard InChI is InChI=1S/C19H20N2/c1-3-20-13-15-9-10-17(14(2)12-15)18-8-4-6-16-7-5-11-21-19(16)18/h4-12,20H,3,13H2,1-2H3. The first-order valence-corrected chi connectivity index (χ1v) is 7.44. The zero-order chi connectivity index (χ0) is 14.7. The minimum Gasteiger partial charge on any atom is -0.313 e. The summed E-state index contributed by atoms with van der Waals surface area (Å²) in [6, 6.07) is 17.1. The molecule has 3 rings (SSSR count). The van der Waals surface area contributed by atoms with Gasteiger partial charge in [-0.05, 0) is 36.2 Å². The molecule has 1 heterocycles. The summed E-state index contributed by atoms with van der Waals surface area (Å²) in [4.78, 5) is 4.56. The Morgan fingerprint density at radius 3 is 2.67 bits per heavy atom. The minimum atomic E-state index is 0.922. The van der Waals surface area contributed by atoms with Crippen molar-refractivity contribution < 1.29 is 0 Å². The van der Waals surface area contributed by atoms with Crippen LogP contribution in [0, 0.1) is 6.92 Å². The van der Waals surface area contributed by atoms with Gasteiger partial charge in [0.15, 0.2) is 0 Å². The summed E-state index contributed by atoms with van der Waals surface area (Å²) in [6.45, 7) is 6.22. The highest BCUT2D eigenvalue weighted by Gasteiger charge is 2.07. The van der Waals surface area contributed by atoms with Gasteiger partial charge >= 0.3 is 0 Å². The Kier molecular flexibility index (Phi) is 3.98. The summed E-state index contributed by atoms with van der Waals surface area (Å²) in [7, 11) is 0. The second-order valence-electron chi connectivity index (χ2n) is 5.31. The fourth-order valence-corrected chi connectivity index (χ4v) is 2.73. The predicted molar refractivity (Wildman–Crippen MR) is 89.3 cm³/mol. The molecule has 0 bridgehead atoms. The third kappa shape index (κ3) is 2.81. The van der Waals surface area contributed by atoms with E-state index >= 15 is 0 Å². The van der Waals surface area contributed by atoms with Crippen LogP contribution in [0.4, 0.5) is 0 Å². The number of aromatic nitrogens is 1. The van der Waals surface area contributed by atoms with Gasteiger partial charge in [0, 0.05) is 23.7 Å². The number of rotatable bonds is 4. The van der Waals surface area contributed by atoms with Crippen LogP contribution in [0.2, 0.25) is 0 Å². The molecule has 21 heavy (non-hydrogen) atoms. The highest BCUT2D eigenvalue weighted by molar-refractivity contribution is 5.94. The Hall–Kier alpha value is -2.19. The van der Waals surface area contributed by atoms with E-state index in [0.29, 0.717) is 0 Å². The monoisotopic (exact) mass is 276 g/mol. The molecule has 1 N–H and O–H groups in total. The van der Waals surface area contributed by atoms with E-state index < -0.39 is 0 Å². The summed E-state index contributed by atoms with van der Waals surface area (Å²) in [5, 5.41) is 4.55. The van der Waals surface area contributed by atoms with Crippen molar-refractivity contribution in [1.82, 2.24) is 10.3 Å². The maximum Gasteiger partial charge on any atom is 0.0780 e. The largest absolute Gasteiger partial charge is 0.313 e. The van der Waals surface area contributed by atoms with Crippen LogP contribution in [-0.4, -0.2) is 11.5 Å². The lowest BCUT2D eigenvalue weighted by Crippen LogP contribution is -2.11. The molecular weight excluding hydrogens is 256 g/mol. The van der Waals surface area contributed by atoms with Crippen LogP contribution in [0.25, 0.3) is 22.0 Å². The lowest BCUT2D eigenvalue weighted by atomic mass is 9.96. The van der Waals surface area contributed by atoms with Crippen LogP contribution in [-0.2, 0) is 6.54 Å². The van der Waals surface area contributed by atoms with Gasteiger partial charge in [0.25, 0.3) is 0 Å². The Balaban J connectivity index is 2.06. The van der Waals surface area contributed by atoms with Crippen molar-refractivity contribution in [2.75, 3.05) is 6.54 Å². The number of benzene rings is 2. The van der Waals surface area contributed by atoms with Gasteiger partial charge in [0.05, 0.1) is 5.52 Å². The van der Waals surface area contributed by atoms with Crippen LogP contribution in [0.3, 0.4) is 0 Å². The molecule has 0 aliphatic carbocycles. The van der Waals surface area contributed by atoms with Crippen molar-refractivity contribution in [2.45, 2.75) is 20.4 Å². The molecule has 0 saturated carbocycles. The first kappa shape index (κ1) is 13.8. The lowest BCUT2D eigenvalue weighted by molar-refractivity contribution is 0.726. The number of fused-ring (bicyclic) bond motifs is 1. The number of para-hydroxylation sites is 1. The van der Waals surface area contributed by atoms with E-state index in [-0.39, 0.29) is 0 Å². The molecule has 1 aromatic heterocycles. The second-order valence-corrected chi connectivity index (χ2v) is 5.31. The predicted octanol–water partition coefficient (Wildman–Crippen LogP) is 4.32. The molecule has 106 valence electrons. The maximum atomic E-state index is 4.56. The van der Waals surface area contributed by atoms with Gasteiger partial charge in [-0.1, -0.05) is 49.4 Å². The summed E-state index contributed by atoms with van der Waals surface area (Å²) >= 11 is 0. The van der Waals surface area contributed by atoms with E-state index in [1.807, 2.05) is 12.3 Å². The number of nitrogens with zero attached hydrogens (tertiary/aromatic N) is 1. The van der Waals surface area contributed by atoms with Gasteiger partial charge in [-0.25, -0.2) is 0 Å². The lowest BCUT2D eigenvalue weighted by Gasteiger charge is -2.11. The fraction of sp³-hybridized carbons (Fsp3) is 0.211. The number of hydrogen-bond donors (Lipinski definition) is 1. The molecule has 2 aromatic carbocycles. The van der Waals surface area contributed by atoms with Crippen LogP contribution >= 0.6 is 0 Å². The number of nitrogens with one attached hydrogen (secondary N) is 1. The van der Waals surface area contributed by atoms with Crippen molar-refractivity contribution in [2.24, 2.45) is 0 Å². The minimum absolute atomic E-state index is 0.922. The van der Waals surface area contributed by atoms with Gasteiger partial charge in [0.1, 0.15) is 0 Å². The Labute approximate surface area is 125 Å². The van der Waals surface area contributed by atoms with Crippen molar-refractivity contribution in [3.8, 4) is 11.1 Å². The number of hydrogen-bond acceptors (Lipinski definition) is 2. The summed E-state index contributed by atoms with van der Waals surface area (Å²) in [5.41, 5.74) is 6.16. The summed E-state index contributed by atoms with van der Waals surface area (Å²) < 4.78 is 0. The highest BCUT2D eigenvalue weighted by Crippen LogP contribution is 2.29. The smallest absolute Gasteiger partial charge is 0.0780 e. The van der Waals surface area contributed by atoms with Gasteiger partial charge in [-0.2, -0.15) is 0 Å². The molecule has 3 aromatic rings. The molecule has 0 radical (unpaired) electrons. The van der Waals surface area contributed by atoms with E-state index in [9.17, 15) is 0 Å². The first-order chi connectivity index (χ1) is 10.3. The molecule has 0 aliphatic heterocycles.